The summed E-state index contributed by atoms with van der Waals surface area (Å²) in [6.45, 7) is 0. The lowest BCUT2D eigenvalue weighted by molar-refractivity contribution is 0.471. The van der Waals surface area contributed by atoms with E-state index in [2.05, 4.69) is 34.2 Å². The van der Waals surface area contributed by atoms with Crippen LogP contribution in [0.1, 0.15) is 5.56 Å². The van der Waals surface area contributed by atoms with Crippen molar-refractivity contribution >= 4 is 0 Å². The fraction of sp³-hybridized carbons (Fsp3) is 0.0400. The Bertz CT molecular complexity index is 947. The molecule has 28 heavy (non-hydrogen) atoms. The van der Waals surface area contributed by atoms with Gasteiger partial charge in [0.25, 0.3) is 0 Å². The quantitative estimate of drug-likeness (QED) is 0.443. The molecule has 2 aromatic heterocycles. The number of hydrogen-bond acceptors (Lipinski definition) is 3. The smallest absolute Gasteiger partial charge is 0.0755 e. The first kappa shape index (κ1) is 19.1. The summed E-state index contributed by atoms with van der Waals surface area (Å²) in [5, 5.41) is 8.69. The molecule has 4 rings (SSSR count). The molecule has 0 amide bonds. The number of aliphatic hydroxyl groups excluding tert-OH is 1. The van der Waals surface area contributed by atoms with Crippen LogP contribution in [0.2, 0.25) is 0 Å². The van der Waals surface area contributed by atoms with E-state index in [4.69, 9.17) is 5.11 Å². The fourth-order valence-corrected chi connectivity index (χ4v) is 2.84. The van der Waals surface area contributed by atoms with Crippen LogP contribution in [-0.2, 0) is 6.42 Å². The summed E-state index contributed by atoms with van der Waals surface area (Å²) in [6, 6.07) is 26.5. The summed E-state index contributed by atoms with van der Waals surface area (Å²) in [4.78, 5) is 8.08. The molecule has 3 heteroatoms. The second-order valence-corrected chi connectivity index (χ2v) is 6.09. The summed E-state index contributed by atoms with van der Waals surface area (Å²) in [6.07, 6.45) is 10.7. The van der Waals surface area contributed by atoms with Gasteiger partial charge in [-0.1, -0.05) is 60.7 Å². The Kier molecular flexibility index (Phi) is 7.10. The van der Waals surface area contributed by atoms with E-state index in [0.29, 0.717) is 6.42 Å². The zero-order chi connectivity index (χ0) is 19.4. The molecule has 2 aromatic carbocycles. The van der Waals surface area contributed by atoms with E-state index in [1.165, 1.54) is 16.7 Å². The summed E-state index contributed by atoms with van der Waals surface area (Å²) in [5.74, 6) is 0. The van der Waals surface area contributed by atoms with Crippen LogP contribution >= 0.6 is 0 Å². The summed E-state index contributed by atoms with van der Waals surface area (Å²) in [5.41, 5.74) is 5.89. The summed E-state index contributed by atoms with van der Waals surface area (Å²) < 4.78 is 0. The first-order valence-electron chi connectivity index (χ1n) is 9.11. The second-order valence-electron chi connectivity index (χ2n) is 6.09. The highest BCUT2D eigenvalue weighted by atomic mass is 16.2. The molecule has 0 radical (unpaired) electrons. The minimum atomic E-state index is 0.689. The van der Waals surface area contributed by atoms with E-state index in [1.54, 1.807) is 12.3 Å². The largest absolute Gasteiger partial charge is 0.516 e. The van der Waals surface area contributed by atoms with Gasteiger partial charge in [0.2, 0.25) is 0 Å². The molecule has 0 atom stereocenters. The van der Waals surface area contributed by atoms with Crippen LogP contribution in [0.15, 0.2) is 116 Å². The average Bonchev–Trinajstić information content (AvgIpc) is 2.80. The Morgan fingerprint density at radius 2 is 1.21 bits per heavy atom. The van der Waals surface area contributed by atoms with Gasteiger partial charge in [-0.15, -0.1) is 0 Å². The van der Waals surface area contributed by atoms with Crippen molar-refractivity contribution in [2.75, 3.05) is 0 Å². The Morgan fingerprint density at radius 1 is 0.643 bits per heavy atom. The van der Waals surface area contributed by atoms with E-state index >= 15 is 0 Å². The van der Waals surface area contributed by atoms with E-state index in [-0.39, 0.29) is 0 Å². The third-order valence-corrected chi connectivity index (χ3v) is 4.22. The Hall–Kier alpha value is -3.72. The molecule has 138 valence electrons. The lowest BCUT2D eigenvalue weighted by Crippen LogP contribution is -1.89. The molecule has 0 aliphatic heterocycles. The lowest BCUT2D eigenvalue weighted by atomic mass is 10.00. The van der Waals surface area contributed by atoms with Crippen LogP contribution in [0.25, 0.3) is 22.3 Å². The number of nitrogens with zero attached hydrogens (tertiary/aromatic N) is 2. The molecule has 0 unspecified atom stereocenters. The minimum Gasteiger partial charge on any atom is -0.516 e. The number of pyridine rings is 2. The molecule has 1 N–H and O–H groups in total. The molecule has 0 aliphatic rings. The zero-order valence-electron chi connectivity index (χ0n) is 15.5. The number of aliphatic hydroxyl groups is 1. The fourth-order valence-electron chi connectivity index (χ4n) is 2.84. The van der Waals surface area contributed by atoms with Crippen molar-refractivity contribution in [2.24, 2.45) is 0 Å². The van der Waals surface area contributed by atoms with Crippen molar-refractivity contribution in [1.82, 2.24) is 9.97 Å². The Morgan fingerprint density at radius 3 is 1.86 bits per heavy atom. The van der Waals surface area contributed by atoms with Gasteiger partial charge in [0.05, 0.1) is 6.26 Å². The van der Waals surface area contributed by atoms with Crippen LogP contribution in [0, 0.1) is 0 Å². The van der Waals surface area contributed by atoms with Gasteiger partial charge in [-0.3, -0.25) is 9.97 Å². The van der Waals surface area contributed by atoms with Gasteiger partial charge in [-0.2, -0.15) is 0 Å². The highest BCUT2D eigenvalue weighted by Gasteiger charge is 2.02. The van der Waals surface area contributed by atoms with Crippen molar-refractivity contribution in [3.63, 3.8) is 0 Å². The van der Waals surface area contributed by atoms with E-state index in [9.17, 15) is 0 Å². The van der Waals surface area contributed by atoms with Gasteiger partial charge in [0.1, 0.15) is 0 Å². The van der Waals surface area contributed by atoms with Gasteiger partial charge in [0.15, 0.2) is 0 Å². The van der Waals surface area contributed by atoms with Crippen molar-refractivity contribution in [2.45, 2.75) is 6.42 Å². The Labute approximate surface area is 165 Å². The third kappa shape index (κ3) is 5.39. The molecule has 0 saturated heterocycles. The van der Waals surface area contributed by atoms with Crippen molar-refractivity contribution in [1.29, 1.82) is 0 Å². The second kappa shape index (κ2) is 10.4. The normalized spacial score (nSPS) is 10.3. The molecule has 0 spiro atoms. The number of rotatable bonds is 4. The van der Waals surface area contributed by atoms with Crippen LogP contribution in [0.5, 0.6) is 0 Å². The summed E-state index contributed by atoms with van der Waals surface area (Å²) >= 11 is 0. The van der Waals surface area contributed by atoms with Crippen molar-refractivity contribution < 1.29 is 5.11 Å². The van der Waals surface area contributed by atoms with Gasteiger partial charge in [-0.25, -0.2) is 0 Å². The third-order valence-electron chi connectivity index (χ3n) is 4.22. The zero-order valence-corrected chi connectivity index (χ0v) is 15.5. The van der Waals surface area contributed by atoms with E-state index in [0.717, 1.165) is 17.4 Å². The van der Waals surface area contributed by atoms with Crippen LogP contribution in [-0.4, -0.2) is 15.1 Å². The lowest BCUT2D eigenvalue weighted by Gasteiger charge is -2.06. The topological polar surface area (TPSA) is 46.0 Å². The summed E-state index contributed by atoms with van der Waals surface area (Å²) in [7, 11) is 0. The van der Waals surface area contributed by atoms with Crippen LogP contribution in [0.3, 0.4) is 0 Å². The predicted octanol–water partition coefficient (Wildman–Crippen LogP) is 6.11. The molecule has 2 heterocycles. The highest BCUT2D eigenvalue weighted by molar-refractivity contribution is 5.66. The van der Waals surface area contributed by atoms with E-state index < -0.39 is 0 Å². The standard InChI is InChI=1S/C14H13NO.C11H9N/c16-10-4-7-13-11-15-9-8-14(13)12-5-2-1-3-6-12;1-2-4-10(5-3-1)11-6-8-12-9-7-11/h1-6,8-11,16H,7H2;1-9H. The molecular weight excluding hydrogens is 344 g/mol. The first-order valence-corrected chi connectivity index (χ1v) is 9.11. The number of aromatic nitrogens is 2. The molecule has 0 saturated carbocycles. The van der Waals surface area contributed by atoms with Crippen molar-refractivity contribution in [3.05, 3.63) is 122 Å². The SMILES string of the molecule is OC=CCc1cnccc1-c1ccccc1.c1ccc(-c2ccncc2)cc1. The minimum absolute atomic E-state index is 0.689. The Balaban J connectivity index is 0.000000167. The maximum atomic E-state index is 8.69. The average molecular weight is 366 g/mol. The van der Waals surface area contributed by atoms with Crippen molar-refractivity contribution in [3.8, 4) is 22.3 Å². The molecular formula is C25H22N2O. The molecule has 0 aliphatic carbocycles. The number of allylic oxidation sites excluding steroid dienone is 1. The van der Waals surface area contributed by atoms with E-state index in [1.807, 2.05) is 73.2 Å². The maximum absolute atomic E-state index is 8.69. The monoisotopic (exact) mass is 366 g/mol. The van der Waals surface area contributed by atoms with Crippen LogP contribution in [0.4, 0.5) is 0 Å². The van der Waals surface area contributed by atoms with Crippen LogP contribution < -0.4 is 0 Å². The van der Waals surface area contributed by atoms with Gasteiger partial charge in [-0.05, 0) is 58.5 Å². The number of benzene rings is 2. The van der Waals surface area contributed by atoms with Gasteiger partial charge >= 0.3 is 0 Å². The number of hydrogen-bond donors (Lipinski definition) is 1. The molecule has 0 fully saturated rings. The highest BCUT2D eigenvalue weighted by Crippen LogP contribution is 2.23. The maximum Gasteiger partial charge on any atom is 0.0755 e. The molecule has 4 aromatic rings. The van der Waals surface area contributed by atoms with Gasteiger partial charge in [0, 0.05) is 24.8 Å². The molecule has 0 bridgehead atoms. The molecule has 3 nitrogen and oxygen atoms in total. The predicted molar refractivity (Wildman–Crippen MR) is 115 cm³/mol. The first-order chi connectivity index (χ1) is 13.9. The van der Waals surface area contributed by atoms with Gasteiger partial charge < -0.3 is 5.11 Å².